The number of Topliss-reactive ketones (excluding diaryl/α,β-unsaturated/α-hetero) is 1. The van der Waals surface area contributed by atoms with Crippen molar-refractivity contribution in [1.82, 2.24) is 9.80 Å². The lowest BCUT2D eigenvalue weighted by atomic mass is 9.82. The molecule has 2 fully saturated rings. The van der Waals surface area contributed by atoms with E-state index in [-0.39, 0.29) is 36.4 Å². The predicted molar refractivity (Wildman–Crippen MR) is 116 cm³/mol. The Bertz CT molecular complexity index is 766. The van der Waals surface area contributed by atoms with Gasteiger partial charge in [-0.1, -0.05) is 30.3 Å². The average Bonchev–Trinajstić information content (AvgIpc) is 2.76. The minimum absolute atomic E-state index is 0.0658. The summed E-state index contributed by atoms with van der Waals surface area (Å²) in [6.07, 6.45) is 2.21. The zero-order valence-corrected chi connectivity index (χ0v) is 18.8. The van der Waals surface area contributed by atoms with Gasteiger partial charge in [0.25, 0.3) is 0 Å². The molecule has 31 heavy (non-hydrogen) atoms. The molecule has 2 aliphatic heterocycles. The quantitative estimate of drug-likeness (QED) is 0.714. The molecule has 2 saturated heterocycles. The normalized spacial score (nSPS) is 20.3. The number of amides is 2. The van der Waals surface area contributed by atoms with Gasteiger partial charge >= 0.3 is 12.2 Å². The summed E-state index contributed by atoms with van der Waals surface area (Å²) in [6, 6.07) is 9.57. The first kappa shape index (κ1) is 23.1. The highest BCUT2D eigenvalue weighted by Gasteiger charge is 2.36. The lowest BCUT2D eigenvalue weighted by Gasteiger charge is -2.36. The van der Waals surface area contributed by atoms with Gasteiger partial charge in [-0.2, -0.15) is 0 Å². The Kier molecular flexibility index (Phi) is 7.57. The van der Waals surface area contributed by atoms with Crippen LogP contribution in [0.1, 0.15) is 52.0 Å². The third-order valence-corrected chi connectivity index (χ3v) is 5.84. The third-order valence-electron chi connectivity index (χ3n) is 5.84. The molecule has 0 N–H and O–H groups in total. The number of likely N-dealkylation sites (tertiary alicyclic amines) is 2. The van der Waals surface area contributed by atoms with E-state index in [0.717, 1.165) is 18.4 Å². The Morgan fingerprint density at radius 2 is 1.58 bits per heavy atom. The van der Waals surface area contributed by atoms with Crippen LogP contribution in [0.2, 0.25) is 0 Å². The van der Waals surface area contributed by atoms with Crippen molar-refractivity contribution in [3.8, 4) is 0 Å². The molecule has 0 saturated carbocycles. The van der Waals surface area contributed by atoms with E-state index in [1.807, 2.05) is 51.1 Å². The van der Waals surface area contributed by atoms with E-state index < -0.39 is 5.60 Å². The molecule has 1 aromatic carbocycles. The van der Waals surface area contributed by atoms with E-state index in [9.17, 15) is 14.4 Å². The fraction of sp³-hybridized carbons (Fsp3) is 0.625. The maximum atomic E-state index is 13.1. The second-order valence-electron chi connectivity index (χ2n) is 9.47. The summed E-state index contributed by atoms with van der Waals surface area (Å²) in [5.74, 6) is -0.00974. The van der Waals surface area contributed by atoms with Crippen LogP contribution in [0.4, 0.5) is 9.59 Å². The number of carbonyl (C=O) groups excluding carboxylic acids is 3. The molecular formula is C24H34N2O5. The first-order chi connectivity index (χ1) is 14.7. The van der Waals surface area contributed by atoms with E-state index in [4.69, 9.17) is 9.47 Å². The van der Waals surface area contributed by atoms with Gasteiger partial charge in [0, 0.05) is 38.0 Å². The Balaban J connectivity index is 1.46. The lowest BCUT2D eigenvalue weighted by Crippen LogP contribution is -2.47. The summed E-state index contributed by atoms with van der Waals surface area (Å²) in [5, 5.41) is 0. The van der Waals surface area contributed by atoms with Crippen LogP contribution < -0.4 is 0 Å². The molecule has 0 radical (unpaired) electrons. The molecule has 0 spiro atoms. The Hall–Kier alpha value is -2.57. The van der Waals surface area contributed by atoms with Gasteiger partial charge in [0.05, 0.1) is 0 Å². The summed E-state index contributed by atoms with van der Waals surface area (Å²) in [5.41, 5.74) is 0.418. The molecular weight excluding hydrogens is 396 g/mol. The van der Waals surface area contributed by atoms with Crippen molar-refractivity contribution in [1.29, 1.82) is 0 Å². The van der Waals surface area contributed by atoms with Crippen LogP contribution in [0.25, 0.3) is 0 Å². The molecule has 7 heteroatoms. The largest absolute Gasteiger partial charge is 0.445 e. The molecule has 170 valence electrons. The number of nitrogens with zero attached hydrogens (tertiary/aromatic N) is 2. The Morgan fingerprint density at radius 1 is 0.903 bits per heavy atom. The van der Waals surface area contributed by atoms with Crippen molar-refractivity contribution in [2.75, 3.05) is 26.2 Å². The van der Waals surface area contributed by atoms with Gasteiger partial charge in [0.1, 0.15) is 18.0 Å². The lowest BCUT2D eigenvalue weighted by molar-refractivity contribution is -0.129. The van der Waals surface area contributed by atoms with Crippen molar-refractivity contribution in [3.05, 3.63) is 35.9 Å². The average molecular weight is 431 g/mol. The topological polar surface area (TPSA) is 76.2 Å². The summed E-state index contributed by atoms with van der Waals surface area (Å²) >= 11 is 0. The van der Waals surface area contributed by atoms with Gasteiger partial charge in [-0.25, -0.2) is 9.59 Å². The molecule has 7 nitrogen and oxygen atoms in total. The van der Waals surface area contributed by atoms with Crippen LogP contribution in [0, 0.1) is 11.8 Å². The van der Waals surface area contributed by atoms with Gasteiger partial charge in [0.2, 0.25) is 0 Å². The van der Waals surface area contributed by atoms with Crippen LogP contribution in [0.15, 0.2) is 30.3 Å². The van der Waals surface area contributed by atoms with Crippen molar-refractivity contribution < 1.29 is 23.9 Å². The van der Waals surface area contributed by atoms with Gasteiger partial charge in [-0.15, -0.1) is 0 Å². The SMILES string of the molecule is CC(C)(C)OC(=O)N1CCC(C(=O)C2CCCN(C(=O)OCc3ccccc3)C2)CC1. The number of hydrogen-bond acceptors (Lipinski definition) is 5. The van der Waals surface area contributed by atoms with Crippen molar-refractivity contribution in [3.63, 3.8) is 0 Å². The first-order valence-corrected chi connectivity index (χ1v) is 11.2. The standard InChI is InChI=1S/C24H34N2O5/c1-24(2,3)31-23(29)25-14-11-19(12-15-25)21(27)20-10-7-13-26(16-20)22(28)30-17-18-8-5-4-6-9-18/h4-6,8-9,19-20H,7,10-17H2,1-3H3. The number of rotatable bonds is 4. The van der Waals surface area contributed by atoms with Gasteiger partial charge in [-0.3, -0.25) is 4.79 Å². The van der Waals surface area contributed by atoms with E-state index in [1.54, 1.807) is 9.80 Å². The number of ether oxygens (including phenoxy) is 2. The zero-order valence-electron chi connectivity index (χ0n) is 18.8. The molecule has 2 aliphatic rings. The molecule has 3 rings (SSSR count). The van der Waals surface area contributed by atoms with E-state index in [1.165, 1.54) is 0 Å². The van der Waals surface area contributed by atoms with Crippen molar-refractivity contribution in [2.45, 2.75) is 58.7 Å². The number of benzene rings is 1. The van der Waals surface area contributed by atoms with Crippen molar-refractivity contribution >= 4 is 18.0 Å². The molecule has 2 heterocycles. The number of hydrogen-bond donors (Lipinski definition) is 0. The molecule has 0 bridgehead atoms. The second kappa shape index (κ2) is 10.2. The molecule has 0 aromatic heterocycles. The van der Waals surface area contributed by atoms with Gasteiger partial charge in [-0.05, 0) is 52.0 Å². The predicted octanol–water partition coefficient (Wildman–Crippen LogP) is 4.25. The molecule has 1 aromatic rings. The molecule has 0 aliphatic carbocycles. The van der Waals surface area contributed by atoms with Crippen LogP contribution in [-0.2, 0) is 20.9 Å². The number of carbonyl (C=O) groups is 3. The number of piperidine rings is 2. The third kappa shape index (κ3) is 6.71. The maximum absolute atomic E-state index is 13.1. The van der Waals surface area contributed by atoms with Crippen LogP contribution in [-0.4, -0.2) is 59.5 Å². The Labute approximate surface area is 184 Å². The summed E-state index contributed by atoms with van der Waals surface area (Å²) in [7, 11) is 0. The summed E-state index contributed by atoms with van der Waals surface area (Å²) in [4.78, 5) is 41.2. The molecule has 2 amide bonds. The second-order valence-corrected chi connectivity index (χ2v) is 9.47. The smallest absolute Gasteiger partial charge is 0.410 e. The summed E-state index contributed by atoms with van der Waals surface area (Å²) < 4.78 is 10.9. The molecule has 1 unspecified atom stereocenters. The fourth-order valence-corrected chi connectivity index (χ4v) is 4.19. The van der Waals surface area contributed by atoms with Gasteiger partial charge in [0.15, 0.2) is 0 Å². The highest BCUT2D eigenvalue weighted by Crippen LogP contribution is 2.27. The van der Waals surface area contributed by atoms with Crippen LogP contribution in [0.3, 0.4) is 0 Å². The van der Waals surface area contributed by atoms with Crippen LogP contribution in [0.5, 0.6) is 0 Å². The maximum Gasteiger partial charge on any atom is 0.410 e. The Morgan fingerprint density at radius 3 is 2.23 bits per heavy atom. The van der Waals surface area contributed by atoms with Gasteiger partial charge < -0.3 is 19.3 Å². The zero-order chi connectivity index (χ0) is 22.4. The fourth-order valence-electron chi connectivity index (χ4n) is 4.19. The highest BCUT2D eigenvalue weighted by molar-refractivity contribution is 5.84. The first-order valence-electron chi connectivity index (χ1n) is 11.2. The summed E-state index contributed by atoms with van der Waals surface area (Å²) in [6.45, 7) is 7.87. The van der Waals surface area contributed by atoms with E-state index >= 15 is 0 Å². The van der Waals surface area contributed by atoms with Crippen LogP contribution >= 0.6 is 0 Å². The van der Waals surface area contributed by atoms with E-state index in [0.29, 0.717) is 39.0 Å². The minimum atomic E-state index is -0.523. The number of ketones is 1. The van der Waals surface area contributed by atoms with Crippen molar-refractivity contribution in [2.24, 2.45) is 11.8 Å². The highest BCUT2D eigenvalue weighted by atomic mass is 16.6. The molecule has 1 atom stereocenters. The monoisotopic (exact) mass is 430 g/mol. The van der Waals surface area contributed by atoms with E-state index in [2.05, 4.69) is 0 Å². The minimum Gasteiger partial charge on any atom is -0.445 e.